The lowest BCUT2D eigenvalue weighted by molar-refractivity contribution is 0.0695. The summed E-state index contributed by atoms with van der Waals surface area (Å²) in [5.41, 5.74) is 0.561. The van der Waals surface area contributed by atoms with Gasteiger partial charge in [0, 0.05) is 13.2 Å². The fourth-order valence-corrected chi connectivity index (χ4v) is 1.72. The highest BCUT2D eigenvalue weighted by Crippen LogP contribution is 2.14. The number of rotatable bonds is 4. The number of hydrogen-bond acceptors (Lipinski definition) is 5. The van der Waals surface area contributed by atoms with Crippen LogP contribution in [0.2, 0.25) is 0 Å². The zero-order valence-corrected chi connectivity index (χ0v) is 11.0. The molecule has 0 aliphatic carbocycles. The molecule has 2 aromatic heterocycles. The molecule has 2 aromatic rings. The van der Waals surface area contributed by atoms with Crippen molar-refractivity contribution in [1.82, 2.24) is 9.97 Å². The first kappa shape index (κ1) is 13.1. The van der Waals surface area contributed by atoms with Gasteiger partial charge in [0.1, 0.15) is 11.5 Å². The largest absolute Gasteiger partial charge is 0.478 e. The summed E-state index contributed by atoms with van der Waals surface area (Å²) in [5, 5.41) is 8.92. The van der Waals surface area contributed by atoms with Gasteiger partial charge in [-0.05, 0) is 26.0 Å². The number of nitrogens with zero attached hydrogens (tertiary/aromatic N) is 3. The average molecular weight is 261 g/mol. The fraction of sp³-hybridized carbons (Fsp3) is 0.308. The van der Waals surface area contributed by atoms with Crippen molar-refractivity contribution in [3.63, 3.8) is 0 Å². The number of hydrogen-bond donors (Lipinski definition) is 1. The number of furan rings is 1. The second kappa shape index (κ2) is 5.09. The molecule has 0 saturated heterocycles. The van der Waals surface area contributed by atoms with E-state index in [1.165, 1.54) is 6.20 Å². The molecule has 2 rings (SSSR count). The van der Waals surface area contributed by atoms with Crippen LogP contribution in [0.1, 0.15) is 27.6 Å². The van der Waals surface area contributed by atoms with Gasteiger partial charge in [0.05, 0.1) is 17.8 Å². The third-order valence-electron chi connectivity index (χ3n) is 2.73. The average Bonchev–Trinajstić information content (AvgIpc) is 2.74. The lowest BCUT2D eigenvalue weighted by atomic mass is 10.2. The van der Waals surface area contributed by atoms with Gasteiger partial charge in [-0.25, -0.2) is 14.8 Å². The van der Waals surface area contributed by atoms with Gasteiger partial charge in [0.15, 0.2) is 0 Å². The van der Waals surface area contributed by atoms with Crippen molar-refractivity contribution >= 4 is 11.9 Å². The zero-order chi connectivity index (χ0) is 14.0. The molecule has 0 atom stereocenters. The first-order valence-corrected chi connectivity index (χ1v) is 5.80. The lowest BCUT2D eigenvalue weighted by Crippen LogP contribution is -2.20. The van der Waals surface area contributed by atoms with Crippen molar-refractivity contribution in [1.29, 1.82) is 0 Å². The maximum atomic E-state index is 10.9. The molecule has 2 heterocycles. The highest BCUT2D eigenvalue weighted by molar-refractivity contribution is 5.88. The van der Waals surface area contributed by atoms with Crippen LogP contribution in [0.5, 0.6) is 0 Å². The molecule has 6 nitrogen and oxygen atoms in total. The molecule has 1 N–H and O–H groups in total. The van der Waals surface area contributed by atoms with Crippen LogP contribution in [0.25, 0.3) is 0 Å². The van der Waals surface area contributed by atoms with Gasteiger partial charge in [-0.3, -0.25) is 0 Å². The molecule has 0 aliphatic rings. The molecular formula is C13H15N3O3. The van der Waals surface area contributed by atoms with Gasteiger partial charge in [-0.2, -0.15) is 0 Å². The third kappa shape index (κ3) is 2.90. The second-order valence-corrected chi connectivity index (χ2v) is 4.34. The van der Waals surface area contributed by atoms with E-state index in [0.717, 1.165) is 11.5 Å². The zero-order valence-electron chi connectivity index (χ0n) is 11.0. The minimum absolute atomic E-state index is 0.117. The van der Waals surface area contributed by atoms with E-state index in [9.17, 15) is 4.79 Å². The van der Waals surface area contributed by atoms with E-state index in [4.69, 9.17) is 9.52 Å². The van der Waals surface area contributed by atoms with Crippen molar-refractivity contribution < 1.29 is 14.3 Å². The van der Waals surface area contributed by atoms with E-state index in [0.29, 0.717) is 18.2 Å². The molecule has 0 aromatic carbocycles. The molecule has 19 heavy (non-hydrogen) atoms. The predicted octanol–water partition coefficient (Wildman–Crippen LogP) is 2.02. The molecule has 0 radical (unpaired) electrons. The minimum atomic E-state index is -1.02. The van der Waals surface area contributed by atoms with Crippen LogP contribution in [0.4, 0.5) is 5.95 Å². The van der Waals surface area contributed by atoms with E-state index >= 15 is 0 Å². The Labute approximate surface area is 110 Å². The molecule has 6 heteroatoms. The number of aryl methyl sites for hydroxylation is 2. The number of aromatic carboxylic acids is 1. The molecule has 100 valence electrons. The molecule has 0 bridgehead atoms. The summed E-state index contributed by atoms with van der Waals surface area (Å²) in [6.45, 7) is 4.06. The van der Waals surface area contributed by atoms with Crippen molar-refractivity contribution in [2.45, 2.75) is 20.4 Å². The van der Waals surface area contributed by atoms with Crippen LogP contribution in [0, 0.1) is 13.8 Å². The Hall–Kier alpha value is -2.37. The summed E-state index contributed by atoms with van der Waals surface area (Å²) >= 11 is 0. The number of anilines is 1. The van der Waals surface area contributed by atoms with Crippen LogP contribution >= 0.6 is 0 Å². The SMILES string of the molecule is Cc1ccc(CN(C)c2ncc(C(=O)O)c(C)n2)o1. The Kier molecular flexibility index (Phi) is 3.50. The van der Waals surface area contributed by atoms with Crippen LogP contribution in [-0.2, 0) is 6.54 Å². The Morgan fingerprint density at radius 3 is 2.68 bits per heavy atom. The van der Waals surface area contributed by atoms with E-state index in [1.807, 2.05) is 26.1 Å². The van der Waals surface area contributed by atoms with Gasteiger partial charge in [0.25, 0.3) is 0 Å². The molecule has 0 saturated carbocycles. The Bertz CT molecular complexity index is 607. The number of carbonyl (C=O) groups is 1. The molecule has 0 unspecified atom stereocenters. The number of aromatic nitrogens is 2. The van der Waals surface area contributed by atoms with E-state index in [1.54, 1.807) is 11.8 Å². The summed E-state index contributed by atoms with van der Waals surface area (Å²) < 4.78 is 5.48. The van der Waals surface area contributed by atoms with Gasteiger partial charge in [0.2, 0.25) is 5.95 Å². The van der Waals surface area contributed by atoms with Gasteiger partial charge in [-0.1, -0.05) is 0 Å². The smallest absolute Gasteiger partial charge is 0.339 e. The number of carboxylic acids is 1. The Morgan fingerprint density at radius 2 is 2.16 bits per heavy atom. The maximum absolute atomic E-state index is 10.9. The molecule has 0 amide bonds. The Balaban J connectivity index is 2.17. The summed E-state index contributed by atoms with van der Waals surface area (Å²) in [6, 6.07) is 3.78. The fourth-order valence-electron chi connectivity index (χ4n) is 1.72. The summed E-state index contributed by atoms with van der Waals surface area (Å²) in [4.78, 5) is 20.9. The van der Waals surface area contributed by atoms with Crippen molar-refractivity contribution in [3.8, 4) is 0 Å². The summed E-state index contributed by atoms with van der Waals surface area (Å²) in [5.74, 6) is 1.11. The molecule has 0 spiro atoms. The summed E-state index contributed by atoms with van der Waals surface area (Å²) in [6.07, 6.45) is 1.32. The minimum Gasteiger partial charge on any atom is -0.478 e. The van der Waals surface area contributed by atoms with Gasteiger partial charge >= 0.3 is 5.97 Å². The van der Waals surface area contributed by atoms with E-state index < -0.39 is 5.97 Å². The standard InChI is InChI=1S/C13H15N3O3/c1-8-4-5-10(19-8)7-16(3)13-14-6-11(12(17)18)9(2)15-13/h4-6H,7H2,1-3H3,(H,17,18). The van der Waals surface area contributed by atoms with E-state index in [-0.39, 0.29) is 5.56 Å². The molecular weight excluding hydrogens is 246 g/mol. The quantitative estimate of drug-likeness (QED) is 0.907. The lowest BCUT2D eigenvalue weighted by Gasteiger charge is -2.16. The van der Waals surface area contributed by atoms with Crippen molar-refractivity contribution in [2.75, 3.05) is 11.9 Å². The highest BCUT2D eigenvalue weighted by Gasteiger charge is 2.13. The maximum Gasteiger partial charge on any atom is 0.339 e. The van der Waals surface area contributed by atoms with Gasteiger partial charge in [-0.15, -0.1) is 0 Å². The Morgan fingerprint density at radius 1 is 1.42 bits per heavy atom. The highest BCUT2D eigenvalue weighted by atomic mass is 16.4. The normalized spacial score (nSPS) is 10.5. The van der Waals surface area contributed by atoms with Crippen molar-refractivity contribution in [2.24, 2.45) is 0 Å². The summed E-state index contributed by atoms with van der Waals surface area (Å²) in [7, 11) is 1.83. The second-order valence-electron chi connectivity index (χ2n) is 4.34. The topological polar surface area (TPSA) is 79.5 Å². The monoisotopic (exact) mass is 261 g/mol. The van der Waals surface area contributed by atoms with Crippen LogP contribution in [-0.4, -0.2) is 28.1 Å². The van der Waals surface area contributed by atoms with Crippen LogP contribution < -0.4 is 4.90 Å². The van der Waals surface area contributed by atoms with E-state index in [2.05, 4.69) is 9.97 Å². The molecule has 0 aliphatic heterocycles. The van der Waals surface area contributed by atoms with Crippen LogP contribution in [0.15, 0.2) is 22.7 Å². The first-order valence-electron chi connectivity index (χ1n) is 5.80. The van der Waals surface area contributed by atoms with Gasteiger partial charge < -0.3 is 14.4 Å². The predicted molar refractivity (Wildman–Crippen MR) is 69.3 cm³/mol. The molecule has 0 fully saturated rings. The first-order chi connectivity index (χ1) is 8.97. The number of carboxylic acid groups (broad SMARTS) is 1. The van der Waals surface area contributed by atoms with Crippen LogP contribution in [0.3, 0.4) is 0 Å². The van der Waals surface area contributed by atoms with Crippen molar-refractivity contribution in [3.05, 3.63) is 41.1 Å². The third-order valence-corrected chi connectivity index (χ3v) is 2.73.